The second-order valence-corrected chi connectivity index (χ2v) is 7.60. The molecule has 2 aromatic heterocycles. The minimum absolute atomic E-state index is 0.0143. The topological polar surface area (TPSA) is 110 Å². The predicted molar refractivity (Wildman–Crippen MR) is 125 cm³/mol. The Bertz CT molecular complexity index is 1520. The third-order valence-electron chi connectivity index (χ3n) is 5.76. The lowest BCUT2D eigenvalue weighted by Crippen LogP contribution is -2.06. The third-order valence-corrected chi connectivity index (χ3v) is 5.76. The number of H-pyrrole nitrogens is 2. The molecular weight excluding hydrogens is 420 g/mol. The van der Waals surface area contributed by atoms with Gasteiger partial charge in [0.15, 0.2) is 5.52 Å². The van der Waals surface area contributed by atoms with Gasteiger partial charge in [-0.1, -0.05) is 35.5 Å². The number of hydrogen-bond acceptors (Lipinski definition) is 6. The molecule has 0 amide bonds. The molecule has 0 spiro atoms. The summed E-state index contributed by atoms with van der Waals surface area (Å²) in [6.45, 7) is 0. The SMILES string of the molecule is COc1ccc(C(c2ccc(OC)cc2)c2ccc3c(=O)c4[nH]nnc4c(=O)[nH]c3c2)cc1. The highest BCUT2D eigenvalue weighted by Gasteiger charge is 2.19. The van der Waals surface area contributed by atoms with E-state index in [1.165, 1.54) is 0 Å². The number of aromatic amines is 2. The van der Waals surface area contributed by atoms with Gasteiger partial charge in [0.1, 0.15) is 17.0 Å². The summed E-state index contributed by atoms with van der Waals surface area (Å²) in [6.07, 6.45) is 0. The largest absolute Gasteiger partial charge is 0.497 e. The van der Waals surface area contributed by atoms with Crippen LogP contribution in [0.5, 0.6) is 11.5 Å². The minimum atomic E-state index is -0.478. The Morgan fingerprint density at radius 1 is 0.788 bits per heavy atom. The zero-order valence-electron chi connectivity index (χ0n) is 18.0. The summed E-state index contributed by atoms with van der Waals surface area (Å²) in [5.41, 5.74) is 2.66. The maximum absolute atomic E-state index is 13.0. The Morgan fingerprint density at radius 3 is 1.94 bits per heavy atom. The Hall–Kier alpha value is -4.46. The van der Waals surface area contributed by atoms with Gasteiger partial charge in [-0.25, -0.2) is 0 Å². The van der Waals surface area contributed by atoms with Gasteiger partial charge in [-0.05, 0) is 53.1 Å². The van der Waals surface area contributed by atoms with Gasteiger partial charge in [0, 0.05) is 11.3 Å². The number of benzene rings is 3. The first-order valence-electron chi connectivity index (χ1n) is 10.3. The fraction of sp³-hybridized carbons (Fsp3) is 0.120. The molecule has 0 aliphatic heterocycles. The van der Waals surface area contributed by atoms with E-state index < -0.39 is 5.56 Å². The van der Waals surface area contributed by atoms with Crippen molar-refractivity contribution in [1.82, 2.24) is 20.4 Å². The normalized spacial score (nSPS) is 11.2. The molecule has 0 saturated carbocycles. The number of methoxy groups -OCH3 is 2. The van der Waals surface area contributed by atoms with E-state index in [9.17, 15) is 9.59 Å². The number of fused-ring (bicyclic) bond motifs is 2. The van der Waals surface area contributed by atoms with E-state index in [0.29, 0.717) is 10.9 Å². The van der Waals surface area contributed by atoms with Crippen molar-refractivity contribution in [3.63, 3.8) is 0 Å². The van der Waals surface area contributed by atoms with Crippen molar-refractivity contribution in [3.05, 3.63) is 104 Å². The number of rotatable bonds is 5. The summed E-state index contributed by atoms with van der Waals surface area (Å²) in [4.78, 5) is 28.4. The second-order valence-electron chi connectivity index (χ2n) is 7.60. The van der Waals surface area contributed by atoms with Crippen molar-refractivity contribution in [2.24, 2.45) is 0 Å². The van der Waals surface area contributed by atoms with Crippen LogP contribution in [-0.4, -0.2) is 34.6 Å². The van der Waals surface area contributed by atoms with Gasteiger partial charge in [-0.2, -0.15) is 0 Å². The van der Waals surface area contributed by atoms with E-state index in [1.54, 1.807) is 20.3 Å². The molecule has 2 heterocycles. The number of ether oxygens (including phenoxy) is 2. The van der Waals surface area contributed by atoms with Crippen LogP contribution in [0, 0.1) is 0 Å². The van der Waals surface area contributed by atoms with Crippen LogP contribution in [0.4, 0.5) is 0 Å². The van der Waals surface area contributed by atoms with Gasteiger partial charge in [-0.15, -0.1) is 5.10 Å². The van der Waals surface area contributed by atoms with E-state index in [-0.39, 0.29) is 22.4 Å². The van der Waals surface area contributed by atoms with Crippen LogP contribution >= 0.6 is 0 Å². The maximum Gasteiger partial charge on any atom is 0.278 e. The number of aromatic nitrogens is 4. The molecule has 8 nitrogen and oxygen atoms in total. The lowest BCUT2D eigenvalue weighted by atomic mass is 9.85. The Labute approximate surface area is 187 Å². The average molecular weight is 440 g/mol. The van der Waals surface area contributed by atoms with E-state index in [4.69, 9.17) is 9.47 Å². The molecule has 33 heavy (non-hydrogen) atoms. The third kappa shape index (κ3) is 3.61. The van der Waals surface area contributed by atoms with Crippen molar-refractivity contribution in [2.75, 3.05) is 14.2 Å². The molecule has 0 fully saturated rings. The molecule has 0 saturated heterocycles. The first-order chi connectivity index (χ1) is 16.1. The van der Waals surface area contributed by atoms with Crippen LogP contribution < -0.4 is 20.5 Å². The van der Waals surface area contributed by atoms with Gasteiger partial charge in [0.05, 0.1) is 19.7 Å². The molecule has 2 N–H and O–H groups in total. The Morgan fingerprint density at radius 2 is 1.36 bits per heavy atom. The first-order valence-corrected chi connectivity index (χ1v) is 10.3. The summed E-state index contributed by atoms with van der Waals surface area (Å²) in [5.74, 6) is 1.36. The Kier molecular flexibility index (Phi) is 5.10. The van der Waals surface area contributed by atoms with Gasteiger partial charge in [0.25, 0.3) is 5.56 Å². The highest BCUT2D eigenvalue weighted by atomic mass is 16.5. The predicted octanol–water partition coefficient (Wildman–Crippen LogP) is 3.36. The molecule has 8 heteroatoms. The molecule has 164 valence electrons. The summed E-state index contributed by atoms with van der Waals surface area (Å²) in [7, 11) is 3.25. The monoisotopic (exact) mass is 440 g/mol. The van der Waals surface area contributed by atoms with E-state index >= 15 is 0 Å². The molecule has 0 radical (unpaired) electrons. The second kappa shape index (κ2) is 8.23. The Balaban J connectivity index is 1.74. The van der Waals surface area contributed by atoms with Gasteiger partial charge in [-0.3, -0.25) is 14.7 Å². The first kappa shape index (κ1) is 20.4. The van der Waals surface area contributed by atoms with Crippen molar-refractivity contribution in [2.45, 2.75) is 5.92 Å². The summed E-state index contributed by atoms with van der Waals surface area (Å²) >= 11 is 0. The van der Waals surface area contributed by atoms with Crippen molar-refractivity contribution >= 4 is 21.9 Å². The van der Waals surface area contributed by atoms with Crippen LogP contribution in [0.2, 0.25) is 0 Å². The lowest BCUT2D eigenvalue weighted by molar-refractivity contribution is 0.414. The zero-order valence-corrected chi connectivity index (χ0v) is 18.0. The fourth-order valence-corrected chi connectivity index (χ4v) is 4.07. The molecule has 5 aromatic rings. The standard InChI is InChI=1S/C25H20N4O4/c1-32-17-8-3-14(4-9-17)21(15-5-10-18(33-2)11-6-15)16-7-12-19-20(13-16)26-25(31)23-22(24(19)30)27-29-28-23/h3-13,21H,1-2H3,(H,26,31)(H,27,28,29). The van der Waals surface area contributed by atoms with E-state index in [1.807, 2.05) is 60.7 Å². The molecule has 0 unspecified atom stereocenters. The number of nitrogens with zero attached hydrogens (tertiary/aromatic N) is 2. The fourth-order valence-electron chi connectivity index (χ4n) is 4.07. The van der Waals surface area contributed by atoms with E-state index in [0.717, 1.165) is 28.2 Å². The molecule has 3 aromatic carbocycles. The maximum atomic E-state index is 13.0. The number of hydrogen-bond donors (Lipinski definition) is 2. The highest BCUT2D eigenvalue weighted by molar-refractivity contribution is 5.87. The van der Waals surface area contributed by atoms with Crippen LogP contribution in [0.25, 0.3) is 21.9 Å². The lowest BCUT2D eigenvalue weighted by Gasteiger charge is -2.20. The molecule has 0 aliphatic carbocycles. The van der Waals surface area contributed by atoms with E-state index in [2.05, 4.69) is 20.4 Å². The highest BCUT2D eigenvalue weighted by Crippen LogP contribution is 2.34. The molecular formula is C25H20N4O4. The van der Waals surface area contributed by atoms with Crippen LogP contribution in [0.15, 0.2) is 76.3 Å². The van der Waals surface area contributed by atoms with Gasteiger partial charge < -0.3 is 14.5 Å². The summed E-state index contributed by atoms with van der Waals surface area (Å²) in [5, 5.41) is 10.3. The van der Waals surface area contributed by atoms with Crippen LogP contribution in [0.3, 0.4) is 0 Å². The minimum Gasteiger partial charge on any atom is -0.497 e. The molecule has 0 bridgehead atoms. The molecule has 0 atom stereocenters. The van der Waals surface area contributed by atoms with Crippen LogP contribution in [-0.2, 0) is 0 Å². The van der Waals surface area contributed by atoms with Gasteiger partial charge >= 0.3 is 0 Å². The molecule has 0 aliphatic rings. The van der Waals surface area contributed by atoms with Gasteiger partial charge in [0.2, 0.25) is 5.43 Å². The number of nitrogens with one attached hydrogen (secondary N) is 2. The summed E-state index contributed by atoms with van der Waals surface area (Å²) in [6, 6.07) is 21.1. The quantitative estimate of drug-likeness (QED) is 0.406. The van der Waals surface area contributed by atoms with Crippen molar-refractivity contribution < 1.29 is 9.47 Å². The van der Waals surface area contributed by atoms with Crippen molar-refractivity contribution in [3.8, 4) is 11.5 Å². The average Bonchev–Trinajstić information content (AvgIpc) is 3.32. The zero-order chi connectivity index (χ0) is 22.9. The molecule has 5 rings (SSSR count). The van der Waals surface area contributed by atoms with Crippen LogP contribution in [0.1, 0.15) is 22.6 Å². The van der Waals surface area contributed by atoms with Crippen molar-refractivity contribution in [1.29, 1.82) is 0 Å². The smallest absolute Gasteiger partial charge is 0.278 e. The summed E-state index contributed by atoms with van der Waals surface area (Å²) < 4.78 is 10.6.